The highest BCUT2D eigenvalue weighted by Gasteiger charge is 2.34. The summed E-state index contributed by atoms with van der Waals surface area (Å²) in [5.74, 6) is -0.853. The molecule has 1 atom stereocenters. The smallest absolute Gasteiger partial charge is 0.270 e. The highest BCUT2D eigenvalue weighted by Crippen LogP contribution is 2.25. The summed E-state index contributed by atoms with van der Waals surface area (Å²) in [6.07, 6.45) is 6.02. The van der Waals surface area contributed by atoms with Crippen LogP contribution in [0.15, 0.2) is 53.4 Å². The Balaban J connectivity index is 1.99. The van der Waals surface area contributed by atoms with Gasteiger partial charge in [-0.3, -0.25) is 9.59 Å². The van der Waals surface area contributed by atoms with Crippen LogP contribution >= 0.6 is 0 Å². The van der Waals surface area contributed by atoms with E-state index in [1.165, 1.54) is 17.1 Å². The normalized spacial score (nSPS) is 15.7. The fourth-order valence-electron chi connectivity index (χ4n) is 3.98. The lowest BCUT2D eigenvalue weighted by Gasteiger charge is -2.26. The van der Waals surface area contributed by atoms with Crippen molar-refractivity contribution in [1.82, 2.24) is 10.2 Å². The van der Waals surface area contributed by atoms with E-state index in [0.29, 0.717) is 43.9 Å². The zero-order valence-corrected chi connectivity index (χ0v) is 23.9. The Labute approximate surface area is 231 Å². The van der Waals surface area contributed by atoms with Crippen LogP contribution in [0.5, 0.6) is 5.75 Å². The SMILES string of the molecule is CC(C)C[C@@H](C(=O)N=C(N)/C=C\NCCCOC(C)(C)O)N1CC(Oc2cccc(CC(C)(C)O)c2)=CC1=O. The molecule has 0 bridgehead atoms. The van der Waals surface area contributed by atoms with E-state index in [-0.39, 0.29) is 24.2 Å². The second-order valence-electron chi connectivity index (χ2n) is 11.3. The number of hydrogen-bond donors (Lipinski definition) is 4. The molecule has 0 saturated carbocycles. The Morgan fingerprint density at radius 3 is 2.62 bits per heavy atom. The van der Waals surface area contributed by atoms with Crippen molar-refractivity contribution in [3.8, 4) is 5.75 Å². The third-order valence-corrected chi connectivity index (χ3v) is 5.57. The first-order chi connectivity index (χ1) is 18.1. The number of aliphatic imine (C=N–C) groups is 1. The Hall–Kier alpha value is -3.21. The zero-order chi connectivity index (χ0) is 29.2. The number of hydrogen-bond acceptors (Lipinski definition) is 7. The Kier molecular flexibility index (Phi) is 11.7. The van der Waals surface area contributed by atoms with Crippen molar-refractivity contribution in [2.75, 3.05) is 19.7 Å². The average Bonchev–Trinajstić information content (AvgIpc) is 3.14. The minimum Gasteiger partial charge on any atom is -0.460 e. The largest absolute Gasteiger partial charge is 0.460 e. The number of nitrogens with zero attached hydrogens (tertiary/aromatic N) is 2. The molecule has 39 heavy (non-hydrogen) atoms. The van der Waals surface area contributed by atoms with Gasteiger partial charge >= 0.3 is 0 Å². The highest BCUT2D eigenvalue weighted by molar-refractivity contribution is 6.03. The molecule has 1 aromatic rings. The molecule has 1 aliphatic rings. The van der Waals surface area contributed by atoms with Crippen LogP contribution < -0.4 is 15.8 Å². The summed E-state index contributed by atoms with van der Waals surface area (Å²) in [5.41, 5.74) is 6.00. The molecule has 2 amide bonds. The van der Waals surface area contributed by atoms with E-state index in [1.807, 2.05) is 32.0 Å². The van der Waals surface area contributed by atoms with Gasteiger partial charge in [0.25, 0.3) is 11.8 Å². The number of amidine groups is 1. The molecule has 0 aromatic heterocycles. The monoisotopic (exact) mass is 544 g/mol. The molecule has 0 spiro atoms. The third kappa shape index (κ3) is 12.5. The fraction of sp³-hybridized carbons (Fsp3) is 0.552. The molecular formula is C29H44N4O6. The van der Waals surface area contributed by atoms with E-state index in [9.17, 15) is 19.8 Å². The number of nitrogens with two attached hydrogens (primary N) is 1. The lowest BCUT2D eigenvalue weighted by Crippen LogP contribution is -2.43. The van der Waals surface area contributed by atoms with Gasteiger partial charge in [0, 0.05) is 25.2 Å². The van der Waals surface area contributed by atoms with Crippen LogP contribution in [0.3, 0.4) is 0 Å². The predicted molar refractivity (Wildman–Crippen MR) is 151 cm³/mol. The van der Waals surface area contributed by atoms with Crippen molar-refractivity contribution < 1.29 is 29.3 Å². The van der Waals surface area contributed by atoms with E-state index < -0.39 is 23.3 Å². The number of ether oxygens (including phenoxy) is 2. The summed E-state index contributed by atoms with van der Waals surface area (Å²) in [5, 5.41) is 22.7. The van der Waals surface area contributed by atoms with E-state index in [1.54, 1.807) is 40.0 Å². The summed E-state index contributed by atoms with van der Waals surface area (Å²) in [6.45, 7) is 11.7. The Bertz CT molecular complexity index is 1070. The minimum absolute atomic E-state index is 0.0219. The predicted octanol–water partition coefficient (Wildman–Crippen LogP) is 2.64. The standard InChI is InChI=1S/C29H44N4O6/c1-20(2)15-24(27(35)32-25(30)11-13-31-12-8-14-38-29(5,6)37)33-19-23(17-26(33)34)39-22-10-7-9-21(16-22)18-28(3,4)36/h7,9-11,13,16-17,20,24,31,36-37H,8,12,14-15,18-19H2,1-6H3,(H2,30,32,35)/b13-11-/t24-/m0/s1. The van der Waals surface area contributed by atoms with Crippen molar-refractivity contribution in [2.45, 2.75) is 78.2 Å². The second-order valence-corrected chi connectivity index (χ2v) is 11.3. The van der Waals surface area contributed by atoms with E-state index in [4.69, 9.17) is 15.2 Å². The van der Waals surface area contributed by atoms with Gasteiger partial charge < -0.3 is 35.6 Å². The summed E-state index contributed by atoms with van der Waals surface area (Å²) >= 11 is 0. The number of carbonyl (C=O) groups excluding carboxylic acids is 2. The molecule has 1 aromatic carbocycles. The van der Waals surface area contributed by atoms with Crippen molar-refractivity contribution in [2.24, 2.45) is 16.6 Å². The summed E-state index contributed by atoms with van der Waals surface area (Å²) in [6, 6.07) is 6.57. The van der Waals surface area contributed by atoms with Gasteiger partial charge in [0.1, 0.15) is 23.4 Å². The van der Waals surface area contributed by atoms with Gasteiger partial charge in [-0.25, -0.2) is 0 Å². The van der Waals surface area contributed by atoms with Crippen LogP contribution in [0.4, 0.5) is 0 Å². The lowest BCUT2D eigenvalue weighted by molar-refractivity contribution is -0.175. The molecule has 0 aliphatic carbocycles. The molecule has 216 valence electrons. The first-order valence-electron chi connectivity index (χ1n) is 13.3. The molecule has 5 N–H and O–H groups in total. The van der Waals surface area contributed by atoms with Gasteiger partial charge in [-0.2, -0.15) is 4.99 Å². The van der Waals surface area contributed by atoms with Gasteiger partial charge in [0.15, 0.2) is 5.79 Å². The maximum Gasteiger partial charge on any atom is 0.270 e. The van der Waals surface area contributed by atoms with Crippen LogP contribution in [0, 0.1) is 5.92 Å². The molecule has 2 rings (SSSR count). The van der Waals surface area contributed by atoms with Gasteiger partial charge in [-0.1, -0.05) is 26.0 Å². The topological polar surface area (TPSA) is 147 Å². The molecule has 0 saturated heterocycles. The molecule has 10 nitrogen and oxygen atoms in total. The van der Waals surface area contributed by atoms with E-state index in [0.717, 1.165) is 5.56 Å². The molecule has 10 heteroatoms. The van der Waals surface area contributed by atoms with Crippen molar-refractivity contribution >= 4 is 17.6 Å². The summed E-state index contributed by atoms with van der Waals surface area (Å²) < 4.78 is 11.2. The Morgan fingerprint density at radius 1 is 1.26 bits per heavy atom. The van der Waals surface area contributed by atoms with Crippen LogP contribution in [0.2, 0.25) is 0 Å². The van der Waals surface area contributed by atoms with Gasteiger partial charge in [-0.15, -0.1) is 0 Å². The van der Waals surface area contributed by atoms with Crippen molar-refractivity contribution in [1.29, 1.82) is 0 Å². The molecule has 0 unspecified atom stereocenters. The molecule has 1 aliphatic heterocycles. The fourth-order valence-corrected chi connectivity index (χ4v) is 3.98. The maximum atomic E-state index is 13.1. The number of nitrogens with one attached hydrogen (secondary N) is 1. The van der Waals surface area contributed by atoms with Gasteiger partial charge in [0.2, 0.25) is 0 Å². The number of rotatable bonds is 15. The van der Waals surface area contributed by atoms with Crippen molar-refractivity contribution in [3.63, 3.8) is 0 Å². The van der Waals surface area contributed by atoms with Crippen molar-refractivity contribution in [3.05, 3.63) is 53.9 Å². The Morgan fingerprint density at radius 2 is 1.97 bits per heavy atom. The quantitative estimate of drug-likeness (QED) is 0.114. The first kappa shape index (κ1) is 32.0. The number of benzene rings is 1. The first-order valence-corrected chi connectivity index (χ1v) is 13.3. The average molecular weight is 545 g/mol. The molecule has 0 fully saturated rings. The van der Waals surface area contributed by atoms with Crippen LogP contribution in [-0.2, 0) is 20.7 Å². The van der Waals surface area contributed by atoms with E-state index >= 15 is 0 Å². The van der Waals surface area contributed by atoms with Gasteiger partial charge in [0.05, 0.1) is 18.8 Å². The molecule has 0 radical (unpaired) electrons. The number of amides is 2. The van der Waals surface area contributed by atoms with Crippen LogP contribution in [0.1, 0.15) is 59.9 Å². The molecule has 1 heterocycles. The van der Waals surface area contributed by atoms with Crippen LogP contribution in [0.25, 0.3) is 0 Å². The van der Waals surface area contributed by atoms with Gasteiger partial charge in [-0.05, 0) is 70.2 Å². The van der Waals surface area contributed by atoms with Crippen LogP contribution in [-0.4, -0.2) is 69.9 Å². The summed E-state index contributed by atoms with van der Waals surface area (Å²) in [7, 11) is 0. The molecular weight excluding hydrogens is 500 g/mol. The van der Waals surface area contributed by atoms with E-state index in [2.05, 4.69) is 10.3 Å². The highest BCUT2D eigenvalue weighted by atomic mass is 16.6. The number of carbonyl (C=O) groups is 2. The summed E-state index contributed by atoms with van der Waals surface area (Å²) in [4.78, 5) is 31.4. The second kappa shape index (κ2) is 14.3. The zero-order valence-electron chi connectivity index (χ0n) is 23.9. The minimum atomic E-state index is -1.16. The third-order valence-electron chi connectivity index (χ3n) is 5.57. The number of aliphatic hydroxyl groups is 2. The maximum absolute atomic E-state index is 13.1. The lowest BCUT2D eigenvalue weighted by atomic mass is 9.99.